The lowest BCUT2D eigenvalue weighted by atomic mass is 9.74. The van der Waals surface area contributed by atoms with Crippen molar-refractivity contribution >= 4 is 29.3 Å². The Bertz CT molecular complexity index is 957. The van der Waals surface area contributed by atoms with Crippen LogP contribution < -0.4 is 20.1 Å². The molecular formula is C24H28N2O5S. The summed E-state index contributed by atoms with van der Waals surface area (Å²) in [6.07, 6.45) is 1.64. The average molecular weight is 457 g/mol. The lowest BCUT2D eigenvalue weighted by molar-refractivity contribution is -0.119. The molecule has 0 spiro atoms. The molecule has 0 atom stereocenters. The van der Waals surface area contributed by atoms with E-state index in [1.165, 1.54) is 11.8 Å². The number of hydrogen-bond donors (Lipinski definition) is 2. The third kappa shape index (κ3) is 5.55. The van der Waals surface area contributed by atoms with Gasteiger partial charge in [0.15, 0.2) is 11.5 Å². The van der Waals surface area contributed by atoms with Crippen LogP contribution in [0.15, 0.2) is 42.5 Å². The van der Waals surface area contributed by atoms with Crippen molar-refractivity contribution in [3.63, 3.8) is 0 Å². The maximum absolute atomic E-state index is 12.5. The summed E-state index contributed by atoms with van der Waals surface area (Å²) in [6.45, 7) is 4.05. The number of carbonyl (C=O) groups is 2. The first-order chi connectivity index (χ1) is 15.5. The largest absolute Gasteiger partial charge is 0.454 e. The number of rotatable bonds is 8. The van der Waals surface area contributed by atoms with Crippen LogP contribution in [0.1, 0.15) is 24.0 Å². The zero-order chi connectivity index (χ0) is 22.4. The Morgan fingerprint density at radius 1 is 0.969 bits per heavy atom. The molecule has 32 heavy (non-hydrogen) atoms. The molecule has 0 radical (unpaired) electrons. The quantitative estimate of drug-likeness (QED) is 0.634. The molecule has 2 aromatic carbocycles. The van der Waals surface area contributed by atoms with Crippen LogP contribution in [-0.2, 0) is 19.7 Å². The van der Waals surface area contributed by atoms with Crippen LogP contribution in [0, 0.1) is 6.92 Å². The van der Waals surface area contributed by atoms with Gasteiger partial charge >= 0.3 is 0 Å². The highest BCUT2D eigenvalue weighted by molar-refractivity contribution is 8.00. The summed E-state index contributed by atoms with van der Waals surface area (Å²) in [5.41, 5.74) is 2.81. The van der Waals surface area contributed by atoms with E-state index in [-0.39, 0.29) is 35.5 Å². The fraction of sp³-hybridized carbons (Fsp3) is 0.417. The molecule has 0 unspecified atom stereocenters. The molecule has 2 N–H and O–H groups in total. The Kier molecular flexibility index (Phi) is 7.22. The van der Waals surface area contributed by atoms with E-state index in [9.17, 15) is 9.59 Å². The number of benzene rings is 2. The number of nitrogens with one attached hydrogen (secondary N) is 2. The van der Waals surface area contributed by atoms with Crippen LogP contribution in [0.3, 0.4) is 0 Å². The second-order valence-electron chi connectivity index (χ2n) is 8.14. The highest BCUT2D eigenvalue weighted by Crippen LogP contribution is 2.40. The summed E-state index contributed by atoms with van der Waals surface area (Å²) in [4.78, 5) is 24.6. The van der Waals surface area contributed by atoms with E-state index in [1.807, 2.05) is 43.3 Å². The van der Waals surface area contributed by atoms with Crippen molar-refractivity contribution in [2.75, 3.05) is 43.4 Å². The van der Waals surface area contributed by atoms with Gasteiger partial charge in [0.25, 0.3) is 0 Å². The number of thioether (sulfide) groups is 1. The lowest BCUT2D eigenvalue weighted by Crippen LogP contribution is -2.45. The second-order valence-corrected chi connectivity index (χ2v) is 9.13. The molecule has 170 valence electrons. The predicted octanol–water partition coefficient (Wildman–Crippen LogP) is 3.26. The number of aryl methyl sites for hydroxylation is 1. The van der Waals surface area contributed by atoms with Crippen LogP contribution >= 0.6 is 11.8 Å². The minimum Gasteiger partial charge on any atom is -0.454 e. The van der Waals surface area contributed by atoms with Crippen LogP contribution in [-0.4, -0.2) is 49.9 Å². The number of fused-ring (bicyclic) bond motifs is 1. The number of hydrogen-bond acceptors (Lipinski definition) is 6. The van der Waals surface area contributed by atoms with Crippen LogP contribution in [0.2, 0.25) is 0 Å². The van der Waals surface area contributed by atoms with Crippen molar-refractivity contribution in [3.05, 3.63) is 53.6 Å². The smallest absolute Gasteiger partial charge is 0.234 e. The first-order valence-corrected chi connectivity index (χ1v) is 11.9. The molecule has 4 rings (SSSR count). The topological polar surface area (TPSA) is 85.9 Å². The van der Waals surface area contributed by atoms with Crippen molar-refractivity contribution in [2.45, 2.75) is 25.2 Å². The Morgan fingerprint density at radius 3 is 2.47 bits per heavy atom. The van der Waals surface area contributed by atoms with E-state index in [0.29, 0.717) is 19.8 Å². The molecule has 0 bridgehead atoms. The van der Waals surface area contributed by atoms with E-state index >= 15 is 0 Å². The van der Waals surface area contributed by atoms with Crippen molar-refractivity contribution in [1.29, 1.82) is 0 Å². The molecule has 0 saturated carbocycles. The van der Waals surface area contributed by atoms with Gasteiger partial charge in [0.2, 0.25) is 18.6 Å². The zero-order valence-electron chi connectivity index (χ0n) is 18.1. The maximum atomic E-state index is 12.5. The van der Waals surface area contributed by atoms with E-state index in [2.05, 4.69) is 16.7 Å². The normalized spacial score (nSPS) is 16.4. The van der Waals surface area contributed by atoms with Gasteiger partial charge in [0.1, 0.15) is 0 Å². The molecule has 2 aliphatic heterocycles. The van der Waals surface area contributed by atoms with Crippen LogP contribution in [0.25, 0.3) is 0 Å². The summed E-state index contributed by atoms with van der Waals surface area (Å²) in [6, 6.07) is 13.6. The number of ether oxygens (including phenoxy) is 3. The van der Waals surface area contributed by atoms with Crippen molar-refractivity contribution < 1.29 is 23.8 Å². The number of anilines is 1. The van der Waals surface area contributed by atoms with Crippen molar-refractivity contribution in [1.82, 2.24) is 5.32 Å². The third-order valence-corrected chi connectivity index (χ3v) is 6.79. The van der Waals surface area contributed by atoms with Crippen LogP contribution in [0.4, 0.5) is 5.69 Å². The molecule has 2 aromatic rings. The van der Waals surface area contributed by atoms with E-state index in [1.54, 1.807) is 0 Å². The van der Waals surface area contributed by atoms with Gasteiger partial charge in [-0.1, -0.05) is 23.8 Å². The Hall–Kier alpha value is -2.71. The van der Waals surface area contributed by atoms with E-state index < -0.39 is 0 Å². The Balaban J connectivity index is 1.27. The first-order valence-electron chi connectivity index (χ1n) is 10.7. The number of carbonyl (C=O) groups excluding carboxylic acids is 2. The Labute approximate surface area is 192 Å². The first kappa shape index (κ1) is 22.5. The molecule has 2 amide bonds. The SMILES string of the molecule is Cc1ccc(NC(=O)CSCC(=O)NCC2(c3ccc4c(c3)OCO4)CCOCC2)cc1. The molecule has 2 heterocycles. The molecule has 7 nitrogen and oxygen atoms in total. The third-order valence-electron chi connectivity index (χ3n) is 5.86. The molecule has 1 fully saturated rings. The summed E-state index contributed by atoms with van der Waals surface area (Å²) in [7, 11) is 0. The molecule has 0 aromatic heterocycles. The van der Waals surface area contributed by atoms with Gasteiger partial charge in [0.05, 0.1) is 11.5 Å². The van der Waals surface area contributed by atoms with Gasteiger partial charge in [-0.2, -0.15) is 0 Å². The van der Waals surface area contributed by atoms with E-state index in [4.69, 9.17) is 14.2 Å². The summed E-state index contributed by atoms with van der Waals surface area (Å²) in [5.74, 6) is 1.75. The van der Waals surface area contributed by atoms with Gasteiger partial charge < -0.3 is 24.8 Å². The minimum atomic E-state index is -0.206. The van der Waals surface area contributed by atoms with Gasteiger partial charge in [0, 0.05) is 30.9 Å². The highest BCUT2D eigenvalue weighted by atomic mass is 32.2. The van der Waals surface area contributed by atoms with Gasteiger partial charge in [-0.15, -0.1) is 11.8 Å². The maximum Gasteiger partial charge on any atom is 0.234 e. The van der Waals surface area contributed by atoms with Crippen molar-refractivity contribution in [2.24, 2.45) is 0 Å². The molecular weight excluding hydrogens is 428 g/mol. The summed E-state index contributed by atoms with van der Waals surface area (Å²) in [5, 5.41) is 5.92. The summed E-state index contributed by atoms with van der Waals surface area (Å²) >= 11 is 1.30. The zero-order valence-corrected chi connectivity index (χ0v) is 19.0. The molecule has 0 aliphatic carbocycles. The van der Waals surface area contributed by atoms with Gasteiger partial charge in [-0.05, 0) is 49.6 Å². The lowest BCUT2D eigenvalue weighted by Gasteiger charge is -2.38. The predicted molar refractivity (Wildman–Crippen MR) is 124 cm³/mol. The average Bonchev–Trinajstić information content (AvgIpc) is 3.28. The van der Waals surface area contributed by atoms with E-state index in [0.717, 1.165) is 41.2 Å². The monoisotopic (exact) mass is 456 g/mol. The standard InChI is InChI=1S/C24H28N2O5S/c1-17-2-5-19(6-3-17)26-23(28)14-32-13-22(27)25-15-24(8-10-29-11-9-24)18-4-7-20-21(12-18)31-16-30-20/h2-7,12H,8-11,13-16H2,1H3,(H,25,27)(H,26,28). The second kappa shape index (κ2) is 10.3. The summed E-state index contributed by atoms with van der Waals surface area (Å²) < 4.78 is 16.5. The molecule has 1 saturated heterocycles. The fourth-order valence-electron chi connectivity index (χ4n) is 3.95. The molecule has 8 heteroatoms. The van der Waals surface area contributed by atoms with Crippen LogP contribution in [0.5, 0.6) is 11.5 Å². The minimum absolute atomic E-state index is 0.0789. The highest BCUT2D eigenvalue weighted by Gasteiger charge is 2.36. The van der Waals surface area contributed by atoms with Crippen molar-refractivity contribution in [3.8, 4) is 11.5 Å². The Morgan fingerprint density at radius 2 is 1.69 bits per heavy atom. The number of amides is 2. The molecule has 2 aliphatic rings. The van der Waals surface area contributed by atoms with Gasteiger partial charge in [-0.25, -0.2) is 0 Å². The fourth-order valence-corrected chi connectivity index (χ4v) is 4.59. The van der Waals surface area contributed by atoms with Gasteiger partial charge in [-0.3, -0.25) is 9.59 Å².